The minimum absolute atomic E-state index is 0.0347. The fraction of sp³-hybridized carbons (Fsp3) is 0.308. The van der Waals surface area contributed by atoms with E-state index in [1.807, 2.05) is 36.0 Å². The molecule has 1 N–H and O–H groups in total. The molecule has 0 unspecified atom stereocenters. The highest BCUT2D eigenvalue weighted by atomic mass is 16.5. The Morgan fingerprint density at radius 1 is 1.47 bits per heavy atom. The number of likely N-dealkylation sites (N-methyl/N-ethyl adjacent to an activating group) is 1. The van der Waals surface area contributed by atoms with Crippen LogP contribution in [0.2, 0.25) is 0 Å². The van der Waals surface area contributed by atoms with Gasteiger partial charge in [0.05, 0.1) is 19.2 Å². The standard InChI is InChI=1S/C13H16N2O2/c1-14-8-12(16)10-7-11-9(4-5-15(11)2)6-13(10)17-3/h4-7,14H,8H2,1-3H3. The molecule has 1 heterocycles. The van der Waals surface area contributed by atoms with E-state index in [0.717, 1.165) is 10.9 Å². The molecular weight excluding hydrogens is 216 g/mol. The van der Waals surface area contributed by atoms with Gasteiger partial charge in [0.15, 0.2) is 5.78 Å². The van der Waals surface area contributed by atoms with Crippen LogP contribution in [0.5, 0.6) is 5.75 Å². The molecule has 0 aliphatic rings. The molecular formula is C13H16N2O2. The van der Waals surface area contributed by atoms with Crippen molar-refractivity contribution in [1.82, 2.24) is 9.88 Å². The lowest BCUT2D eigenvalue weighted by Gasteiger charge is -2.08. The van der Waals surface area contributed by atoms with Gasteiger partial charge in [-0.05, 0) is 25.2 Å². The summed E-state index contributed by atoms with van der Waals surface area (Å²) < 4.78 is 7.26. The molecule has 0 spiro atoms. The number of fused-ring (bicyclic) bond motifs is 1. The van der Waals surface area contributed by atoms with Gasteiger partial charge in [-0.2, -0.15) is 0 Å². The molecule has 90 valence electrons. The molecule has 0 radical (unpaired) electrons. The number of ketones is 1. The van der Waals surface area contributed by atoms with Crippen LogP contribution in [0.3, 0.4) is 0 Å². The predicted molar refractivity (Wildman–Crippen MR) is 67.7 cm³/mol. The van der Waals surface area contributed by atoms with Gasteiger partial charge in [-0.15, -0.1) is 0 Å². The molecule has 1 aromatic heterocycles. The zero-order chi connectivity index (χ0) is 12.4. The third kappa shape index (κ3) is 2.03. The number of methoxy groups -OCH3 is 1. The second kappa shape index (κ2) is 4.59. The van der Waals surface area contributed by atoms with Crippen molar-refractivity contribution in [1.29, 1.82) is 0 Å². The summed E-state index contributed by atoms with van der Waals surface area (Å²) in [5.74, 6) is 0.663. The number of aromatic nitrogens is 1. The van der Waals surface area contributed by atoms with E-state index in [9.17, 15) is 4.79 Å². The maximum absolute atomic E-state index is 11.9. The predicted octanol–water partition coefficient (Wildman–Crippen LogP) is 1.59. The van der Waals surface area contributed by atoms with Crippen molar-refractivity contribution >= 4 is 16.7 Å². The first-order chi connectivity index (χ1) is 8.17. The summed E-state index contributed by atoms with van der Waals surface area (Å²) in [7, 11) is 5.30. The van der Waals surface area contributed by atoms with Crippen molar-refractivity contribution in [3.63, 3.8) is 0 Å². The zero-order valence-corrected chi connectivity index (χ0v) is 10.3. The molecule has 2 rings (SSSR count). The number of nitrogens with one attached hydrogen (secondary N) is 1. The van der Waals surface area contributed by atoms with Gasteiger partial charge in [0, 0.05) is 24.1 Å². The van der Waals surface area contributed by atoms with Gasteiger partial charge >= 0.3 is 0 Å². The van der Waals surface area contributed by atoms with Gasteiger partial charge in [-0.1, -0.05) is 0 Å². The highest BCUT2D eigenvalue weighted by Gasteiger charge is 2.13. The fourth-order valence-electron chi connectivity index (χ4n) is 1.94. The van der Waals surface area contributed by atoms with E-state index in [2.05, 4.69) is 5.32 Å². The summed E-state index contributed by atoms with van der Waals surface area (Å²) >= 11 is 0. The topological polar surface area (TPSA) is 43.3 Å². The number of carbonyl (C=O) groups excluding carboxylic acids is 1. The first-order valence-electron chi connectivity index (χ1n) is 5.48. The number of Topliss-reactive ketones (excluding diaryl/α,β-unsaturated/α-hetero) is 1. The summed E-state index contributed by atoms with van der Waals surface area (Å²) in [6, 6.07) is 5.79. The maximum Gasteiger partial charge on any atom is 0.180 e. The number of rotatable bonds is 4. The lowest BCUT2D eigenvalue weighted by Crippen LogP contribution is -2.19. The highest BCUT2D eigenvalue weighted by molar-refractivity contribution is 6.03. The number of nitrogens with zero attached hydrogens (tertiary/aromatic N) is 1. The van der Waals surface area contributed by atoms with Gasteiger partial charge in [0.25, 0.3) is 0 Å². The molecule has 2 aromatic rings. The van der Waals surface area contributed by atoms with Gasteiger partial charge < -0.3 is 14.6 Å². The van der Waals surface area contributed by atoms with Crippen LogP contribution in [0.25, 0.3) is 10.9 Å². The number of aryl methyl sites for hydroxylation is 1. The van der Waals surface area contributed by atoms with E-state index in [1.54, 1.807) is 14.2 Å². The second-order valence-corrected chi connectivity index (χ2v) is 3.99. The minimum atomic E-state index is 0.0347. The zero-order valence-electron chi connectivity index (χ0n) is 10.3. The van der Waals surface area contributed by atoms with Crippen LogP contribution in [0.4, 0.5) is 0 Å². The SMILES string of the molecule is CNCC(=O)c1cc2c(ccn2C)cc1OC. The number of hydrogen-bond acceptors (Lipinski definition) is 3. The average molecular weight is 232 g/mol. The third-order valence-corrected chi connectivity index (χ3v) is 2.84. The van der Waals surface area contributed by atoms with Crippen molar-refractivity contribution in [2.75, 3.05) is 20.7 Å². The summed E-state index contributed by atoms with van der Waals surface area (Å²) in [4.78, 5) is 11.9. The highest BCUT2D eigenvalue weighted by Crippen LogP contribution is 2.26. The van der Waals surface area contributed by atoms with E-state index < -0.39 is 0 Å². The van der Waals surface area contributed by atoms with Crippen LogP contribution < -0.4 is 10.1 Å². The van der Waals surface area contributed by atoms with Gasteiger partial charge in [-0.3, -0.25) is 4.79 Å². The number of carbonyl (C=O) groups is 1. The Labute approximate surface area is 100 Å². The molecule has 0 aliphatic heterocycles. The summed E-state index contributed by atoms with van der Waals surface area (Å²) in [6.07, 6.45) is 1.97. The fourth-order valence-corrected chi connectivity index (χ4v) is 1.94. The van der Waals surface area contributed by atoms with Crippen molar-refractivity contribution in [2.45, 2.75) is 0 Å². The average Bonchev–Trinajstić information content (AvgIpc) is 2.69. The molecule has 4 heteroatoms. The Kier molecular flexibility index (Phi) is 3.15. The largest absolute Gasteiger partial charge is 0.496 e. The quantitative estimate of drug-likeness (QED) is 0.814. The maximum atomic E-state index is 11.9. The van der Waals surface area contributed by atoms with E-state index in [1.165, 1.54) is 0 Å². The smallest absolute Gasteiger partial charge is 0.180 e. The monoisotopic (exact) mass is 232 g/mol. The van der Waals surface area contributed by atoms with E-state index in [-0.39, 0.29) is 5.78 Å². The number of hydrogen-bond donors (Lipinski definition) is 1. The van der Waals surface area contributed by atoms with E-state index >= 15 is 0 Å². The molecule has 0 fully saturated rings. The Bertz CT molecular complexity index is 558. The van der Waals surface area contributed by atoms with Crippen LogP contribution >= 0.6 is 0 Å². The lowest BCUT2D eigenvalue weighted by molar-refractivity contribution is 0.0991. The van der Waals surface area contributed by atoms with E-state index in [4.69, 9.17) is 4.74 Å². The lowest BCUT2D eigenvalue weighted by atomic mass is 10.1. The van der Waals surface area contributed by atoms with Gasteiger partial charge in [-0.25, -0.2) is 0 Å². The Morgan fingerprint density at radius 3 is 2.88 bits per heavy atom. The Morgan fingerprint density at radius 2 is 2.24 bits per heavy atom. The Balaban J connectivity index is 2.58. The van der Waals surface area contributed by atoms with E-state index in [0.29, 0.717) is 17.9 Å². The second-order valence-electron chi connectivity index (χ2n) is 3.99. The molecule has 0 bridgehead atoms. The van der Waals surface area contributed by atoms with Crippen molar-refractivity contribution < 1.29 is 9.53 Å². The first-order valence-corrected chi connectivity index (χ1v) is 5.48. The normalized spacial score (nSPS) is 10.8. The van der Waals surface area contributed by atoms with Crippen molar-refractivity contribution in [3.05, 3.63) is 30.0 Å². The van der Waals surface area contributed by atoms with Crippen molar-refractivity contribution in [2.24, 2.45) is 7.05 Å². The Hall–Kier alpha value is -1.81. The molecule has 1 aromatic carbocycles. The molecule has 17 heavy (non-hydrogen) atoms. The first kappa shape index (κ1) is 11.7. The molecule has 0 saturated heterocycles. The van der Waals surface area contributed by atoms with Crippen LogP contribution in [0, 0.1) is 0 Å². The third-order valence-electron chi connectivity index (χ3n) is 2.84. The molecule has 0 aliphatic carbocycles. The van der Waals surface area contributed by atoms with Crippen LogP contribution in [0.15, 0.2) is 24.4 Å². The van der Waals surface area contributed by atoms with Crippen LogP contribution in [-0.2, 0) is 7.05 Å². The van der Waals surface area contributed by atoms with Gasteiger partial charge in [0.2, 0.25) is 0 Å². The van der Waals surface area contributed by atoms with Crippen LogP contribution in [0.1, 0.15) is 10.4 Å². The van der Waals surface area contributed by atoms with Gasteiger partial charge in [0.1, 0.15) is 5.75 Å². The van der Waals surface area contributed by atoms with Crippen molar-refractivity contribution in [3.8, 4) is 5.75 Å². The number of benzene rings is 1. The minimum Gasteiger partial charge on any atom is -0.496 e. The summed E-state index contributed by atoms with van der Waals surface area (Å²) in [5, 5.41) is 3.94. The van der Waals surface area contributed by atoms with Crippen LogP contribution in [-0.4, -0.2) is 31.1 Å². The summed E-state index contributed by atoms with van der Waals surface area (Å²) in [6.45, 7) is 0.312. The molecule has 4 nitrogen and oxygen atoms in total. The molecule has 0 amide bonds. The molecule has 0 atom stereocenters. The summed E-state index contributed by atoms with van der Waals surface area (Å²) in [5.41, 5.74) is 1.65. The number of ether oxygens (including phenoxy) is 1. The molecule has 0 saturated carbocycles.